The van der Waals surface area contributed by atoms with Crippen LogP contribution in [0, 0.1) is 6.92 Å². The first-order chi connectivity index (χ1) is 6.80. The zero-order valence-electron chi connectivity index (χ0n) is 8.22. The molecule has 4 nitrogen and oxygen atoms in total. The number of hydrogen-bond donors (Lipinski definition) is 1. The molecule has 1 amide bonds. The molecule has 0 unspecified atom stereocenters. The van der Waals surface area contributed by atoms with Gasteiger partial charge in [-0.2, -0.15) is 18.3 Å². The molecule has 1 N–H and O–H groups in total. The Bertz CT molecular complexity index is 370. The Morgan fingerprint density at radius 2 is 2.20 bits per heavy atom. The average Bonchev–Trinajstić information content (AvgIpc) is 2.39. The van der Waals surface area contributed by atoms with Crippen LogP contribution in [0.5, 0.6) is 0 Å². The molecule has 15 heavy (non-hydrogen) atoms. The van der Waals surface area contributed by atoms with Crippen LogP contribution in [-0.4, -0.2) is 21.9 Å². The van der Waals surface area contributed by atoms with Gasteiger partial charge < -0.3 is 5.32 Å². The Kier molecular flexibility index (Phi) is 3.01. The zero-order chi connectivity index (χ0) is 11.6. The van der Waals surface area contributed by atoms with E-state index in [1.165, 1.54) is 4.68 Å². The lowest BCUT2D eigenvalue weighted by molar-refractivity contribution is -0.173. The number of carbonyl (C=O) groups is 1. The van der Waals surface area contributed by atoms with Gasteiger partial charge in [0.1, 0.15) is 0 Å². The van der Waals surface area contributed by atoms with Crippen molar-refractivity contribution in [2.45, 2.75) is 19.6 Å². The van der Waals surface area contributed by atoms with Gasteiger partial charge in [0.25, 0.3) is 0 Å². The molecule has 0 aliphatic rings. The molecule has 1 heterocycles. The summed E-state index contributed by atoms with van der Waals surface area (Å²) in [5.74, 6) is -1.94. The molecule has 7 heteroatoms. The Morgan fingerprint density at radius 3 is 2.60 bits per heavy atom. The van der Waals surface area contributed by atoms with Crippen LogP contribution >= 0.6 is 0 Å². The number of halogens is 3. The predicted molar refractivity (Wildman–Crippen MR) is 45.8 cm³/mol. The number of amides is 1. The van der Waals surface area contributed by atoms with E-state index in [1.54, 1.807) is 25.4 Å². The summed E-state index contributed by atoms with van der Waals surface area (Å²) < 4.78 is 36.9. The SMILES string of the molecule is Cc1cc(CNC(=O)C(F)(F)F)n(C)n1. The minimum Gasteiger partial charge on any atom is -0.343 e. The Balaban J connectivity index is 2.58. The molecule has 0 saturated heterocycles. The number of alkyl halides is 3. The summed E-state index contributed by atoms with van der Waals surface area (Å²) in [6.07, 6.45) is -4.84. The van der Waals surface area contributed by atoms with Gasteiger partial charge in [0.05, 0.1) is 17.9 Å². The van der Waals surface area contributed by atoms with E-state index in [4.69, 9.17) is 0 Å². The topological polar surface area (TPSA) is 46.9 Å². The number of aryl methyl sites for hydroxylation is 2. The quantitative estimate of drug-likeness (QED) is 0.806. The van der Waals surface area contributed by atoms with E-state index in [0.29, 0.717) is 11.4 Å². The van der Waals surface area contributed by atoms with Crippen LogP contribution in [0.1, 0.15) is 11.4 Å². The number of hydrogen-bond acceptors (Lipinski definition) is 2. The Hall–Kier alpha value is -1.53. The van der Waals surface area contributed by atoms with Crippen molar-refractivity contribution in [3.05, 3.63) is 17.5 Å². The van der Waals surface area contributed by atoms with Gasteiger partial charge in [-0.15, -0.1) is 0 Å². The molecule has 0 aromatic carbocycles. The first-order valence-corrected chi connectivity index (χ1v) is 4.15. The third-order valence-electron chi connectivity index (χ3n) is 1.79. The maximum Gasteiger partial charge on any atom is 0.471 e. The molecule has 0 aliphatic heterocycles. The van der Waals surface area contributed by atoms with Gasteiger partial charge in [-0.1, -0.05) is 0 Å². The molecular formula is C8H10F3N3O. The molecule has 1 aromatic heterocycles. The van der Waals surface area contributed by atoms with E-state index in [2.05, 4.69) is 5.10 Å². The van der Waals surface area contributed by atoms with Crippen molar-refractivity contribution in [1.82, 2.24) is 15.1 Å². The molecular weight excluding hydrogens is 211 g/mol. The number of nitrogens with one attached hydrogen (secondary N) is 1. The van der Waals surface area contributed by atoms with Crippen molar-refractivity contribution in [1.29, 1.82) is 0 Å². The molecule has 0 radical (unpaired) electrons. The summed E-state index contributed by atoms with van der Waals surface area (Å²) >= 11 is 0. The summed E-state index contributed by atoms with van der Waals surface area (Å²) in [5.41, 5.74) is 1.21. The average molecular weight is 221 g/mol. The smallest absolute Gasteiger partial charge is 0.343 e. The molecule has 0 atom stereocenters. The van der Waals surface area contributed by atoms with Crippen LogP contribution in [0.2, 0.25) is 0 Å². The molecule has 84 valence electrons. The summed E-state index contributed by atoms with van der Waals surface area (Å²) in [6.45, 7) is 1.53. The second-order valence-electron chi connectivity index (χ2n) is 3.08. The van der Waals surface area contributed by atoms with Crippen molar-refractivity contribution in [2.75, 3.05) is 0 Å². The lowest BCUT2D eigenvalue weighted by Crippen LogP contribution is -2.36. The zero-order valence-corrected chi connectivity index (χ0v) is 8.22. The van der Waals surface area contributed by atoms with Gasteiger partial charge in [0.15, 0.2) is 0 Å². The van der Waals surface area contributed by atoms with E-state index < -0.39 is 12.1 Å². The standard InChI is InChI=1S/C8H10F3N3O/c1-5-3-6(14(2)13-5)4-12-7(15)8(9,10)11/h3H,4H2,1-2H3,(H,12,15). The van der Waals surface area contributed by atoms with E-state index in [0.717, 1.165) is 0 Å². The van der Waals surface area contributed by atoms with Gasteiger partial charge in [0.2, 0.25) is 0 Å². The van der Waals surface area contributed by atoms with Crippen LogP contribution in [-0.2, 0) is 18.4 Å². The van der Waals surface area contributed by atoms with Gasteiger partial charge in [-0.05, 0) is 13.0 Å². The fourth-order valence-corrected chi connectivity index (χ4v) is 1.10. The van der Waals surface area contributed by atoms with Crippen molar-refractivity contribution in [3.63, 3.8) is 0 Å². The molecule has 1 rings (SSSR count). The molecule has 0 fully saturated rings. The van der Waals surface area contributed by atoms with Crippen molar-refractivity contribution in [3.8, 4) is 0 Å². The van der Waals surface area contributed by atoms with Crippen molar-refractivity contribution in [2.24, 2.45) is 7.05 Å². The lowest BCUT2D eigenvalue weighted by Gasteiger charge is -2.07. The number of nitrogens with zero attached hydrogens (tertiary/aromatic N) is 2. The second-order valence-corrected chi connectivity index (χ2v) is 3.08. The fourth-order valence-electron chi connectivity index (χ4n) is 1.10. The first kappa shape index (κ1) is 11.5. The highest BCUT2D eigenvalue weighted by Gasteiger charge is 2.38. The summed E-state index contributed by atoms with van der Waals surface area (Å²) in [4.78, 5) is 10.5. The third kappa shape index (κ3) is 2.97. The van der Waals surface area contributed by atoms with E-state index in [9.17, 15) is 18.0 Å². The fraction of sp³-hybridized carbons (Fsp3) is 0.500. The predicted octanol–water partition coefficient (Wildman–Crippen LogP) is 0.907. The van der Waals surface area contributed by atoms with Crippen LogP contribution in [0.4, 0.5) is 13.2 Å². The van der Waals surface area contributed by atoms with Gasteiger partial charge in [-0.3, -0.25) is 9.48 Å². The highest BCUT2D eigenvalue weighted by Crippen LogP contribution is 2.14. The Morgan fingerprint density at radius 1 is 1.60 bits per heavy atom. The highest BCUT2D eigenvalue weighted by molar-refractivity contribution is 5.81. The third-order valence-corrected chi connectivity index (χ3v) is 1.79. The number of aromatic nitrogens is 2. The van der Waals surface area contributed by atoms with Gasteiger partial charge in [-0.25, -0.2) is 0 Å². The monoisotopic (exact) mass is 221 g/mol. The van der Waals surface area contributed by atoms with E-state index in [1.807, 2.05) is 0 Å². The molecule has 0 aliphatic carbocycles. The first-order valence-electron chi connectivity index (χ1n) is 4.15. The van der Waals surface area contributed by atoms with Crippen LogP contribution < -0.4 is 5.32 Å². The van der Waals surface area contributed by atoms with E-state index in [-0.39, 0.29) is 6.54 Å². The maximum absolute atomic E-state index is 11.8. The minimum absolute atomic E-state index is 0.185. The summed E-state index contributed by atoms with van der Waals surface area (Å²) in [5, 5.41) is 5.70. The maximum atomic E-state index is 11.8. The molecule has 0 bridgehead atoms. The van der Waals surface area contributed by atoms with E-state index >= 15 is 0 Å². The van der Waals surface area contributed by atoms with Crippen molar-refractivity contribution >= 4 is 5.91 Å². The highest BCUT2D eigenvalue weighted by atomic mass is 19.4. The van der Waals surface area contributed by atoms with Gasteiger partial charge in [0, 0.05) is 7.05 Å². The molecule has 0 spiro atoms. The number of carbonyl (C=O) groups excluding carboxylic acids is 1. The molecule has 0 saturated carbocycles. The van der Waals surface area contributed by atoms with Crippen LogP contribution in [0.25, 0.3) is 0 Å². The Labute approximate surface area is 84.1 Å². The summed E-state index contributed by atoms with van der Waals surface area (Å²) in [6, 6.07) is 1.61. The van der Waals surface area contributed by atoms with Gasteiger partial charge >= 0.3 is 12.1 Å². The van der Waals surface area contributed by atoms with Crippen LogP contribution in [0.15, 0.2) is 6.07 Å². The second kappa shape index (κ2) is 3.92. The molecule has 1 aromatic rings. The number of rotatable bonds is 2. The normalized spacial score (nSPS) is 11.5. The van der Waals surface area contributed by atoms with Crippen LogP contribution in [0.3, 0.4) is 0 Å². The minimum atomic E-state index is -4.84. The van der Waals surface area contributed by atoms with Crippen molar-refractivity contribution < 1.29 is 18.0 Å². The largest absolute Gasteiger partial charge is 0.471 e. The lowest BCUT2D eigenvalue weighted by atomic mass is 10.3. The summed E-state index contributed by atoms with van der Waals surface area (Å²) in [7, 11) is 1.60.